The molecule has 0 spiro atoms. The van der Waals surface area contributed by atoms with Gasteiger partial charge in [0.1, 0.15) is 30.5 Å². The van der Waals surface area contributed by atoms with Gasteiger partial charge >= 0.3 is 5.97 Å². The normalized spacial score (nSPS) is 31.8. The van der Waals surface area contributed by atoms with Crippen LogP contribution in [0.2, 0.25) is 0 Å². The average molecular weight is 423 g/mol. The Balaban J connectivity index is 2.25. The lowest BCUT2D eigenvalue weighted by atomic mass is 9.91. The van der Waals surface area contributed by atoms with E-state index >= 15 is 0 Å². The first-order valence-electron chi connectivity index (χ1n) is 9.58. The molecule has 1 saturated heterocycles. The van der Waals surface area contributed by atoms with Gasteiger partial charge in [-0.3, -0.25) is 9.59 Å². The number of hydrogen-bond acceptors (Lipinski definition) is 10. The van der Waals surface area contributed by atoms with Crippen molar-refractivity contribution in [3.8, 4) is 0 Å². The lowest BCUT2D eigenvalue weighted by Crippen LogP contribution is -2.65. The van der Waals surface area contributed by atoms with E-state index in [-0.39, 0.29) is 13.0 Å². The van der Waals surface area contributed by atoms with Gasteiger partial charge in [-0.2, -0.15) is 0 Å². The third-order valence-electron chi connectivity index (χ3n) is 4.90. The number of rotatable bonds is 12. The standard InChI is InChI=1S/C17H33N3O9/c1-9(16(26)27)20-15(25)10(18)4-2-3-6-19-7-5-17(28)14(24)13(23)12(22)11(8-21)29-17/h9-14,19,21-24,28H,2-8,18H2,1H3,(H,20,25)(H,26,27)/t9-,10-,11+,12-,13-,14+,17-/m0/s1. The number of amides is 1. The number of carbonyl (C=O) groups excluding carboxylic acids is 1. The summed E-state index contributed by atoms with van der Waals surface area (Å²) in [6, 6.07) is -1.82. The summed E-state index contributed by atoms with van der Waals surface area (Å²) in [6.07, 6.45) is -4.58. The number of nitrogens with two attached hydrogens (primary N) is 1. The zero-order chi connectivity index (χ0) is 22.2. The van der Waals surface area contributed by atoms with Crippen LogP contribution in [0.5, 0.6) is 0 Å². The predicted molar refractivity (Wildman–Crippen MR) is 99.5 cm³/mol. The number of ether oxygens (including phenoxy) is 1. The zero-order valence-corrected chi connectivity index (χ0v) is 16.4. The Hall–Kier alpha value is -1.38. The first-order chi connectivity index (χ1) is 13.5. The number of hydrogen-bond donors (Lipinski definition) is 9. The van der Waals surface area contributed by atoms with Crippen LogP contribution in [0.25, 0.3) is 0 Å². The van der Waals surface area contributed by atoms with E-state index in [1.165, 1.54) is 6.92 Å². The molecule has 1 aliphatic heterocycles. The average Bonchev–Trinajstić information content (AvgIpc) is 2.68. The molecule has 170 valence electrons. The maximum atomic E-state index is 11.7. The summed E-state index contributed by atoms with van der Waals surface area (Å²) in [5.41, 5.74) is 5.72. The number of aliphatic hydroxyl groups is 5. The highest BCUT2D eigenvalue weighted by Gasteiger charge is 2.52. The molecule has 1 rings (SSSR count). The molecule has 0 unspecified atom stereocenters. The third-order valence-corrected chi connectivity index (χ3v) is 4.90. The van der Waals surface area contributed by atoms with Gasteiger partial charge < -0.3 is 51.7 Å². The molecule has 1 heterocycles. The van der Waals surface area contributed by atoms with Crippen molar-refractivity contribution < 1.29 is 45.0 Å². The minimum atomic E-state index is -2.11. The van der Waals surface area contributed by atoms with Crippen molar-refractivity contribution in [1.82, 2.24) is 10.6 Å². The van der Waals surface area contributed by atoms with E-state index in [4.69, 9.17) is 20.7 Å². The molecule has 12 nitrogen and oxygen atoms in total. The first-order valence-corrected chi connectivity index (χ1v) is 9.58. The Morgan fingerprint density at radius 1 is 1.17 bits per heavy atom. The molecule has 1 aliphatic rings. The summed E-state index contributed by atoms with van der Waals surface area (Å²) < 4.78 is 5.15. The third kappa shape index (κ3) is 7.42. The molecule has 1 amide bonds. The Morgan fingerprint density at radius 3 is 2.41 bits per heavy atom. The second kappa shape index (κ2) is 11.7. The van der Waals surface area contributed by atoms with Crippen LogP contribution in [-0.4, -0.2) is 104 Å². The van der Waals surface area contributed by atoms with E-state index in [1.54, 1.807) is 0 Å². The van der Waals surface area contributed by atoms with Crippen LogP contribution in [-0.2, 0) is 14.3 Å². The second-order valence-corrected chi connectivity index (χ2v) is 7.28. The minimum absolute atomic E-state index is 0.0938. The molecule has 0 bridgehead atoms. The van der Waals surface area contributed by atoms with Gasteiger partial charge in [0.15, 0.2) is 5.79 Å². The molecule has 29 heavy (non-hydrogen) atoms. The zero-order valence-electron chi connectivity index (χ0n) is 16.4. The van der Waals surface area contributed by atoms with E-state index in [2.05, 4.69) is 10.6 Å². The number of unbranched alkanes of at least 4 members (excludes halogenated alkanes) is 1. The van der Waals surface area contributed by atoms with Crippen LogP contribution >= 0.6 is 0 Å². The van der Waals surface area contributed by atoms with Crippen LogP contribution < -0.4 is 16.4 Å². The van der Waals surface area contributed by atoms with Crippen LogP contribution in [0, 0.1) is 0 Å². The molecular weight excluding hydrogens is 390 g/mol. The smallest absolute Gasteiger partial charge is 0.325 e. The highest BCUT2D eigenvalue weighted by atomic mass is 16.7. The maximum Gasteiger partial charge on any atom is 0.325 e. The monoisotopic (exact) mass is 423 g/mol. The largest absolute Gasteiger partial charge is 0.480 e. The van der Waals surface area contributed by atoms with Crippen LogP contribution in [0.15, 0.2) is 0 Å². The van der Waals surface area contributed by atoms with Crippen LogP contribution in [0.1, 0.15) is 32.6 Å². The first kappa shape index (κ1) is 25.7. The Labute approximate surface area is 168 Å². The summed E-state index contributed by atoms with van der Waals surface area (Å²) in [6.45, 7) is 1.46. The summed E-state index contributed by atoms with van der Waals surface area (Å²) in [7, 11) is 0. The van der Waals surface area contributed by atoms with E-state index < -0.39 is 60.8 Å². The lowest BCUT2D eigenvalue weighted by molar-refractivity contribution is -0.350. The van der Waals surface area contributed by atoms with Gasteiger partial charge in [-0.15, -0.1) is 0 Å². The van der Waals surface area contributed by atoms with Gasteiger partial charge in [0.2, 0.25) is 5.91 Å². The van der Waals surface area contributed by atoms with Crippen molar-refractivity contribution >= 4 is 11.9 Å². The molecule has 1 fully saturated rings. The highest BCUT2D eigenvalue weighted by Crippen LogP contribution is 2.30. The van der Waals surface area contributed by atoms with Crippen molar-refractivity contribution in [3.63, 3.8) is 0 Å². The van der Waals surface area contributed by atoms with Gasteiger partial charge in [-0.25, -0.2) is 0 Å². The number of aliphatic hydroxyl groups excluding tert-OH is 4. The molecule has 0 saturated carbocycles. The topological polar surface area (TPSA) is 215 Å². The van der Waals surface area contributed by atoms with E-state index in [9.17, 15) is 30.0 Å². The SMILES string of the molecule is C[C@H](NC(=O)[C@@H](N)CCCCNCC[C@]1(O)O[C@H](CO)[C@H](O)[C@H](O)[C@H]1O)C(=O)O. The van der Waals surface area contributed by atoms with E-state index in [0.717, 1.165) is 0 Å². The minimum Gasteiger partial charge on any atom is -0.480 e. The fourth-order valence-corrected chi connectivity index (χ4v) is 2.95. The van der Waals surface area contributed by atoms with Crippen molar-refractivity contribution in [1.29, 1.82) is 0 Å². The van der Waals surface area contributed by atoms with Gasteiger partial charge in [-0.05, 0) is 26.3 Å². The Bertz CT molecular complexity index is 536. The molecule has 0 radical (unpaired) electrons. The van der Waals surface area contributed by atoms with Crippen LogP contribution in [0.3, 0.4) is 0 Å². The van der Waals surface area contributed by atoms with Crippen molar-refractivity contribution in [2.45, 2.75) is 74.9 Å². The molecule has 0 aromatic rings. The second-order valence-electron chi connectivity index (χ2n) is 7.28. The van der Waals surface area contributed by atoms with Crippen molar-refractivity contribution in [2.75, 3.05) is 19.7 Å². The van der Waals surface area contributed by atoms with Gasteiger partial charge in [0, 0.05) is 13.0 Å². The van der Waals surface area contributed by atoms with E-state index in [1.807, 2.05) is 0 Å². The summed E-state index contributed by atoms with van der Waals surface area (Å²) in [5.74, 6) is -3.78. The molecular formula is C17H33N3O9. The van der Waals surface area contributed by atoms with Crippen LogP contribution in [0.4, 0.5) is 0 Å². The van der Waals surface area contributed by atoms with E-state index in [0.29, 0.717) is 25.8 Å². The Morgan fingerprint density at radius 2 is 1.83 bits per heavy atom. The quantitative estimate of drug-likeness (QED) is 0.139. The predicted octanol–water partition coefficient (Wildman–Crippen LogP) is -3.78. The molecule has 0 aromatic carbocycles. The number of carbonyl (C=O) groups is 2. The van der Waals surface area contributed by atoms with Crippen molar-refractivity contribution in [2.24, 2.45) is 5.73 Å². The fourth-order valence-electron chi connectivity index (χ4n) is 2.95. The number of carboxylic acid groups (broad SMARTS) is 1. The highest BCUT2D eigenvalue weighted by molar-refractivity contribution is 5.86. The number of nitrogens with one attached hydrogen (secondary N) is 2. The van der Waals surface area contributed by atoms with Crippen molar-refractivity contribution in [3.05, 3.63) is 0 Å². The lowest BCUT2D eigenvalue weighted by Gasteiger charge is -2.45. The molecule has 12 heteroatoms. The number of aliphatic carboxylic acids is 1. The summed E-state index contributed by atoms with van der Waals surface area (Å²) in [4.78, 5) is 22.4. The maximum absolute atomic E-state index is 11.7. The molecule has 7 atom stereocenters. The van der Waals surface area contributed by atoms with Gasteiger partial charge in [-0.1, -0.05) is 6.42 Å². The molecule has 10 N–H and O–H groups in total. The molecule has 0 aliphatic carbocycles. The summed E-state index contributed by atoms with van der Waals surface area (Å²) in [5, 5.41) is 63.0. The fraction of sp³-hybridized carbons (Fsp3) is 0.882. The summed E-state index contributed by atoms with van der Waals surface area (Å²) >= 11 is 0. The Kier molecular flexibility index (Phi) is 10.4. The molecule has 0 aromatic heterocycles. The van der Waals surface area contributed by atoms with Gasteiger partial charge in [0.25, 0.3) is 0 Å². The number of carboxylic acids is 1. The van der Waals surface area contributed by atoms with Gasteiger partial charge in [0.05, 0.1) is 12.6 Å².